The van der Waals surface area contributed by atoms with Crippen molar-refractivity contribution in [1.82, 2.24) is 0 Å². The van der Waals surface area contributed by atoms with Gasteiger partial charge in [0.2, 0.25) is 0 Å². The van der Waals surface area contributed by atoms with Crippen molar-refractivity contribution >= 4 is 0 Å². The zero-order valence-corrected chi connectivity index (χ0v) is 12.3. The molecule has 0 aliphatic rings. The van der Waals surface area contributed by atoms with E-state index in [1.165, 1.54) is 12.8 Å². The summed E-state index contributed by atoms with van der Waals surface area (Å²) in [5, 5.41) is 0. The molecular formula is C14H31NO2. The van der Waals surface area contributed by atoms with Crippen LogP contribution in [0.3, 0.4) is 0 Å². The van der Waals surface area contributed by atoms with Crippen LogP contribution in [0.1, 0.15) is 53.4 Å². The summed E-state index contributed by atoms with van der Waals surface area (Å²) in [6, 6.07) is 0. The third kappa shape index (κ3) is 9.57. The van der Waals surface area contributed by atoms with Crippen LogP contribution in [0.15, 0.2) is 0 Å². The highest BCUT2D eigenvalue weighted by molar-refractivity contribution is 4.69. The first-order valence-electron chi connectivity index (χ1n) is 6.66. The molecule has 0 spiro atoms. The Morgan fingerprint density at radius 3 is 2.12 bits per heavy atom. The lowest BCUT2D eigenvalue weighted by Gasteiger charge is -2.23. The molecule has 0 saturated heterocycles. The average Bonchev–Trinajstić information content (AvgIpc) is 2.27. The minimum Gasteiger partial charge on any atom is -0.381 e. The third-order valence-electron chi connectivity index (χ3n) is 3.35. The van der Waals surface area contributed by atoms with Crippen LogP contribution in [-0.4, -0.2) is 32.5 Å². The molecule has 0 aromatic carbocycles. The first-order chi connectivity index (χ1) is 7.83. The van der Waals surface area contributed by atoms with E-state index < -0.39 is 0 Å². The normalized spacial score (nSPS) is 13.1. The molecule has 104 valence electrons. The van der Waals surface area contributed by atoms with E-state index in [1.54, 1.807) is 7.11 Å². The molecule has 0 aliphatic heterocycles. The van der Waals surface area contributed by atoms with Crippen LogP contribution < -0.4 is 5.73 Å². The van der Waals surface area contributed by atoms with Gasteiger partial charge in [-0.3, -0.25) is 0 Å². The average molecular weight is 245 g/mol. The highest BCUT2D eigenvalue weighted by Crippen LogP contribution is 2.21. The van der Waals surface area contributed by atoms with Gasteiger partial charge >= 0.3 is 0 Å². The summed E-state index contributed by atoms with van der Waals surface area (Å²) in [7, 11) is 1.74. The summed E-state index contributed by atoms with van der Waals surface area (Å²) in [5.74, 6) is 0. The van der Waals surface area contributed by atoms with Crippen LogP contribution in [0.4, 0.5) is 0 Å². The number of unbranched alkanes of at least 4 members (excludes halogenated alkanes) is 1. The number of methoxy groups -OCH3 is 1. The fourth-order valence-electron chi connectivity index (χ4n) is 1.43. The Balaban J connectivity index is 3.36. The van der Waals surface area contributed by atoms with Crippen LogP contribution >= 0.6 is 0 Å². The molecule has 0 bridgehead atoms. The molecular weight excluding hydrogens is 214 g/mol. The fourth-order valence-corrected chi connectivity index (χ4v) is 1.43. The zero-order chi connectivity index (χ0) is 13.4. The van der Waals surface area contributed by atoms with Gasteiger partial charge in [0, 0.05) is 20.3 Å². The van der Waals surface area contributed by atoms with Gasteiger partial charge in [0.25, 0.3) is 0 Å². The maximum atomic E-state index is 5.69. The molecule has 0 unspecified atom stereocenters. The highest BCUT2D eigenvalue weighted by atomic mass is 16.5. The topological polar surface area (TPSA) is 44.5 Å². The van der Waals surface area contributed by atoms with E-state index in [4.69, 9.17) is 15.2 Å². The minimum absolute atomic E-state index is 0.0679. The Morgan fingerprint density at radius 2 is 1.59 bits per heavy atom. The molecule has 0 fully saturated rings. The second-order valence-electron chi connectivity index (χ2n) is 6.15. The van der Waals surface area contributed by atoms with Gasteiger partial charge in [-0.2, -0.15) is 0 Å². The van der Waals surface area contributed by atoms with Crippen molar-refractivity contribution in [3.05, 3.63) is 0 Å². The van der Waals surface area contributed by atoms with Gasteiger partial charge in [0.1, 0.15) is 0 Å². The van der Waals surface area contributed by atoms with Crippen molar-refractivity contribution in [3.8, 4) is 0 Å². The summed E-state index contributed by atoms with van der Waals surface area (Å²) in [5.41, 5.74) is 5.89. The second kappa shape index (κ2) is 8.06. The van der Waals surface area contributed by atoms with Crippen molar-refractivity contribution in [2.24, 2.45) is 11.1 Å². The Hall–Kier alpha value is -0.120. The Labute approximate surface area is 107 Å². The van der Waals surface area contributed by atoms with E-state index in [1.807, 2.05) is 0 Å². The molecule has 0 atom stereocenters. The van der Waals surface area contributed by atoms with Crippen molar-refractivity contribution in [1.29, 1.82) is 0 Å². The number of ether oxygens (including phenoxy) is 2. The Morgan fingerprint density at radius 1 is 0.941 bits per heavy atom. The summed E-state index contributed by atoms with van der Waals surface area (Å²) < 4.78 is 10.9. The van der Waals surface area contributed by atoms with Gasteiger partial charge in [-0.05, 0) is 45.1 Å². The van der Waals surface area contributed by atoms with E-state index in [9.17, 15) is 0 Å². The maximum Gasteiger partial charge on any atom is 0.0644 e. The van der Waals surface area contributed by atoms with Gasteiger partial charge in [0.05, 0.1) is 5.60 Å². The van der Waals surface area contributed by atoms with Crippen molar-refractivity contribution in [3.63, 3.8) is 0 Å². The molecule has 0 saturated carbocycles. The molecule has 2 N–H and O–H groups in total. The molecule has 0 radical (unpaired) electrons. The largest absolute Gasteiger partial charge is 0.381 e. The first kappa shape index (κ1) is 16.9. The lowest BCUT2D eigenvalue weighted by atomic mass is 9.87. The van der Waals surface area contributed by atoms with Crippen molar-refractivity contribution in [2.45, 2.75) is 59.0 Å². The van der Waals surface area contributed by atoms with E-state index in [2.05, 4.69) is 27.7 Å². The molecule has 0 amide bonds. The van der Waals surface area contributed by atoms with E-state index >= 15 is 0 Å². The minimum atomic E-state index is -0.0679. The molecule has 0 aromatic rings. The summed E-state index contributed by atoms with van der Waals surface area (Å²) >= 11 is 0. The summed E-state index contributed by atoms with van der Waals surface area (Å²) in [6.45, 7) is 11.0. The van der Waals surface area contributed by atoms with Crippen LogP contribution in [-0.2, 0) is 9.47 Å². The molecule has 0 heterocycles. The predicted molar refractivity (Wildman–Crippen MR) is 73.2 cm³/mol. The predicted octanol–water partition coefficient (Wildman–Crippen LogP) is 2.97. The molecule has 3 nitrogen and oxygen atoms in total. The molecule has 0 aromatic heterocycles. The highest BCUT2D eigenvalue weighted by Gasteiger charge is 2.16. The zero-order valence-electron chi connectivity index (χ0n) is 12.3. The quantitative estimate of drug-likeness (QED) is 0.602. The van der Waals surface area contributed by atoms with Gasteiger partial charge < -0.3 is 15.2 Å². The number of hydrogen-bond donors (Lipinski definition) is 1. The summed E-state index contributed by atoms with van der Waals surface area (Å²) in [6.07, 6.45) is 4.43. The smallest absolute Gasteiger partial charge is 0.0644 e. The van der Waals surface area contributed by atoms with Crippen molar-refractivity contribution < 1.29 is 9.47 Å². The van der Waals surface area contributed by atoms with Gasteiger partial charge in [-0.15, -0.1) is 0 Å². The van der Waals surface area contributed by atoms with Crippen LogP contribution in [0.25, 0.3) is 0 Å². The summed E-state index contributed by atoms with van der Waals surface area (Å²) in [4.78, 5) is 0. The second-order valence-corrected chi connectivity index (χ2v) is 6.15. The SMILES string of the molecule is COC(C)(C)CCOCCCCC(C)(C)CN. The number of hydrogen-bond acceptors (Lipinski definition) is 3. The third-order valence-corrected chi connectivity index (χ3v) is 3.35. The Kier molecular flexibility index (Phi) is 8.01. The van der Waals surface area contributed by atoms with Gasteiger partial charge in [-0.25, -0.2) is 0 Å². The monoisotopic (exact) mass is 245 g/mol. The first-order valence-corrected chi connectivity index (χ1v) is 6.66. The van der Waals surface area contributed by atoms with Crippen LogP contribution in [0, 0.1) is 5.41 Å². The fraction of sp³-hybridized carbons (Fsp3) is 1.00. The maximum absolute atomic E-state index is 5.69. The van der Waals surface area contributed by atoms with E-state index in [0.717, 1.165) is 32.6 Å². The lowest BCUT2D eigenvalue weighted by molar-refractivity contribution is -0.0103. The van der Waals surface area contributed by atoms with Gasteiger partial charge in [0.15, 0.2) is 0 Å². The molecule has 3 heteroatoms. The van der Waals surface area contributed by atoms with Crippen molar-refractivity contribution in [2.75, 3.05) is 26.9 Å². The van der Waals surface area contributed by atoms with E-state index in [-0.39, 0.29) is 11.0 Å². The lowest BCUT2D eigenvalue weighted by Crippen LogP contribution is -2.24. The standard InChI is InChI=1S/C14H31NO2/c1-13(2,12-15)8-6-7-10-17-11-9-14(3,4)16-5/h6-12,15H2,1-5H3. The molecule has 0 aliphatic carbocycles. The number of nitrogens with two attached hydrogens (primary N) is 1. The Bertz CT molecular complexity index is 171. The van der Waals surface area contributed by atoms with Crippen LogP contribution in [0.2, 0.25) is 0 Å². The van der Waals surface area contributed by atoms with E-state index in [0.29, 0.717) is 0 Å². The van der Waals surface area contributed by atoms with Crippen LogP contribution in [0.5, 0.6) is 0 Å². The van der Waals surface area contributed by atoms with Gasteiger partial charge in [-0.1, -0.05) is 20.3 Å². The molecule has 0 rings (SSSR count). The molecule has 17 heavy (non-hydrogen) atoms. The number of rotatable bonds is 10.